The molecule has 1 aromatic heterocycles. The van der Waals surface area contributed by atoms with Gasteiger partial charge in [0.05, 0.1) is 12.2 Å². The van der Waals surface area contributed by atoms with Gasteiger partial charge in [0.2, 0.25) is 5.89 Å². The minimum Gasteiger partial charge on any atom is -0.444 e. The fourth-order valence-corrected chi connectivity index (χ4v) is 3.75. The van der Waals surface area contributed by atoms with E-state index < -0.39 is 0 Å². The van der Waals surface area contributed by atoms with Crippen molar-refractivity contribution in [2.45, 2.75) is 58.5 Å². The minimum absolute atomic E-state index is 0. The maximum absolute atomic E-state index is 5.62. The highest BCUT2D eigenvalue weighted by Gasteiger charge is 2.17. The molecule has 2 N–H and O–H groups in total. The molecule has 1 aliphatic rings. The smallest absolute Gasteiger partial charge is 0.226 e. The Bertz CT molecular complexity index is 774. The van der Waals surface area contributed by atoms with E-state index in [0.717, 1.165) is 36.2 Å². The lowest BCUT2D eigenvalue weighted by Gasteiger charge is -2.33. The number of halogens is 1. The van der Waals surface area contributed by atoms with Gasteiger partial charge in [0.1, 0.15) is 6.26 Å². The Hall–Kier alpha value is -1.61. The number of guanidine groups is 1. The van der Waals surface area contributed by atoms with E-state index in [1.54, 1.807) is 13.3 Å². The molecular formula is C23H36IN5O. The van der Waals surface area contributed by atoms with Crippen molar-refractivity contribution in [2.75, 3.05) is 26.7 Å². The molecular weight excluding hydrogens is 489 g/mol. The van der Waals surface area contributed by atoms with Crippen molar-refractivity contribution in [3.63, 3.8) is 0 Å². The van der Waals surface area contributed by atoms with Crippen LogP contribution in [-0.2, 0) is 6.54 Å². The highest BCUT2D eigenvalue weighted by atomic mass is 127. The Morgan fingerprint density at radius 3 is 2.73 bits per heavy atom. The second-order valence-corrected chi connectivity index (χ2v) is 7.95. The van der Waals surface area contributed by atoms with E-state index in [9.17, 15) is 0 Å². The Kier molecular flexibility index (Phi) is 10.6. The summed E-state index contributed by atoms with van der Waals surface area (Å²) in [5, 5.41) is 6.71. The summed E-state index contributed by atoms with van der Waals surface area (Å²) in [6.45, 7) is 8.41. The number of aromatic nitrogens is 1. The molecule has 7 heteroatoms. The number of aryl methyl sites for hydroxylation is 1. The first-order valence-electron chi connectivity index (χ1n) is 10.9. The van der Waals surface area contributed by atoms with Gasteiger partial charge in [-0.15, -0.1) is 24.0 Å². The first kappa shape index (κ1) is 24.7. The van der Waals surface area contributed by atoms with Crippen molar-refractivity contribution in [1.82, 2.24) is 20.5 Å². The number of likely N-dealkylation sites (tertiary alicyclic amines) is 1. The summed E-state index contributed by atoms with van der Waals surface area (Å²) in [6.07, 6.45) is 8.16. The third-order valence-corrected chi connectivity index (χ3v) is 5.62. The predicted octanol–water partition coefficient (Wildman–Crippen LogP) is 4.59. The topological polar surface area (TPSA) is 65.7 Å². The van der Waals surface area contributed by atoms with E-state index in [1.165, 1.54) is 44.3 Å². The van der Waals surface area contributed by atoms with Crippen molar-refractivity contribution in [3.05, 3.63) is 41.8 Å². The molecule has 0 aliphatic carbocycles. The minimum atomic E-state index is 0. The van der Waals surface area contributed by atoms with E-state index in [2.05, 4.69) is 51.5 Å². The molecule has 0 spiro atoms. The summed E-state index contributed by atoms with van der Waals surface area (Å²) < 4.78 is 5.62. The van der Waals surface area contributed by atoms with Crippen molar-refractivity contribution in [1.29, 1.82) is 0 Å². The summed E-state index contributed by atoms with van der Waals surface area (Å²) in [7, 11) is 1.80. The SMILES string of the molecule is CN=C(NCCCCN1CCCCC1C)NCc1coc(-c2ccc(C)cc2)n1.I. The number of hydrogen-bond donors (Lipinski definition) is 2. The lowest BCUT2D eigenvalue weighted by molar-refractivity contribution is 0.158. The van der Waals surface area contributed by atoms with Crippen LogP contribution in [0.3, 0.4) is 0 Å². The number of rotatable bonds is 8. The maximum Gasteiger partial charge on any atom is 0.226 e. The fraction of sp³-hybridized carbons (Fsp3) is 0.565. The van der Waals surface area contributed by atoms with Gasteiger partial charge in [0, 0.05) is 25.2 Å². The lowest BCUT2D eigenvalue weighted by atomic mass is 10.0. The molecule has 0 bridgehead atoms. The summed E-state index contributed by atoms with van der Waals surface area (Å²) in [5.74, 6) is 1.45. The quantitative estimate of drug-likeness (QED) is 0.229. The molecule has 6 nitrogen and oxygen atoms in total. The largest absolute Gasteiger partial charge is 0.444 e. The van der Waals surface area contributed by atoms with E-state index in [1.807, 2.05) is 12.1 Å². The molecule has 3 rings (SSSR count). The Morgan fingerprint density at radius 2 is 2.00 bits per heavy atom. The monoisotopic (exact) mass is 525 g/mol. The lowest BCUT2D eigenvalue weighted by Crippen LogP contribution is -2.39. The number of piperidine rings is 1. The van der Waals surface area contributed by atoms with Crippen molar-refractivity contribution in [2.24, 2.45) is 4.99 Å². The zero-order valence-corrected chi connectivity index (χ0v) is 20.8. The molecule has 1 aliphatic heterocycles. The van der Waals surface area contributed by atoms with Crippen LogP contribution >= 0.6 is 24.0 Å². The molecule has 0 saturated carbocycles. The van der Waals surface area contributed by atoms with Gasteiger partial charge in [-0.25, -0.2) is 4.98 Å². The molecule has 1 saturated heterocycles. The first-order chi connectivity index (χ1) is 14.2. The van der Waals surface area contributed by atoms with Gasteiger partial charge in [-0.1, -0.05) is 24.1 Å². The zero-order chi connectivity index (χ0) is 20.5. The molecule has 1 atom stereocenters. The predicted molar refractivity (Wildman–Crippen MR) is 134 cm³/mol. The van der Waals surface area contributed by atoms with Gasteiger partial charge in [-0.2, -0.15) is 0 Å². The Balaban J connectivity index is 0.00000320. The molecule has 0 amide bonds. The molecule has 0 radical (unpaired) electrons. The summed E-state index contributed by atoms with van der Waals surface area (Å²) in [6, 6.07) is 8.94. The number of aliphatic imine (C=N–C) groups is 1. The second-order valence-electron chi connectivity index (χ2n) is 7.95. The molecule has 2 aromatic rings. The number of hydrogen-bond acceptors (Lipinski definition) is 4. The van der Waals surface area contributed by atoms with Crippen LogP contribution < -0.4 is 10.6 Å². The summed E-state index contributed by atoms with van der Waals surface area (Å²) >= 11 is 0. The van der Waals surface area contributed by atoms with Crippen LogP contribution in [0.5, 0.6) is 0 Å². The number of benzene rings is 1. The number of nitrogens with one attached hydrogen (secondary N) is 2. The van der Waals surface area contributed by atoms with Crippen LogP contribution in [0.2, 0.25) is 0 Å². The summed E-state index contributed by atoms with van der Waals surface area (Å²) in [4.78, 5) is 11.5. The summed E-state index contributed by atoms with van der Waals surface area (Å²) in [5.41, 5.74) is 3.08. The third-order valence-electron chi connectivity index (χ3n) is 5.62. The van der Waals surface area contributed by atoms with Crippen molar-refractivity contribution >= 4 is 29.9 Å². The van der Waals surface area contributed by atoms with Crippen LogP contribution in [0.15, 0.2) is 39.9 Å². The fourth-order valence-electron chi connectivity index (χ4n) is 3.75. The molecule has 1 fully saturated rings. The molecule has 30 heavy (non-hydrogen) atoms. The van der Waals surface area contributed by atoms with Crippen molar-refractivity contribution < 1.29 is 4.42 Å². The average molecular weight is 525 g/mol. The van der Waals surface area contributed by atoms with E-state index >= 15 is 0 Å². The number of oxazole rings is 1. The zero-order valence-electron chi connectivity index (χ0n) is 18.5. The van der Waals surface area contributed by atoms with E-state index in [-0.39, 0.29) is 24.0 Å². The highest BCUT2D eigenvalue weighted by Crippen LogP contribution is 2.19. The first-order valence-corrected chi connectivity index (χ1v) is 10.9. The van der Waals surface area contributed by atoms with Gasteiger partial charge < -0.3 is 20.0 Å². The van der Waals surface area contributed by atoms with Crippen molar-refractivity contribution in [3.8, 4) is 11.5 Å². The van der Waals surface area contributed by atoms with Crippen LogP contribution in [0.4, 0.5) is 0 Å². The van der Waals surface area contributed by atoms with Crippen LogP contribution in [0.25, 0.3) is 11.5 Å². The molecule has 2 heterocycles. The second kappa shape index (κ2) is 12.9. The van der Waals surface area contributed by atoms with Crippen LogP contribution in [0, 0.1) is 6.92 Å². The van der Waals surface area contributed by atoms with E-state index in [4.69, 9.17) is 4.42 Å². The molecule has 1 unspecified atom stereocenters. The van der Waals surface area contributed by atoms with Gasteiger partial charge in [-0.05, 0) is 64.8 Å². The molecule has 1 aromatic carbocycles. The third kappa shape index (κ3) is 7.58. The Morgan fingerprint density at radius 1 is 1.20 bits per heavy atom. The number of nitrogens with zero attached hydrogens (tertiary/aromatic N) is 3. The van der Waals surface area contributed by atoms with Gasteiger partial charge in [-0.3, -0.25) is 4.99 Å². The van der Waals surface area contributed by atoms with Crippen LogP contribution in [-0.4, -0.2) is 48.6 Å². The van der Waals surface area contributed by atoms with Gasteiger partial charge in [0.15, 0.2) is 5.96 Å². The van der Waals surface area contributed by atoms with Gasteiger partial charge in [0.25, 0.3) is 0 Å². The maximum atomic E-state index is 5.62. The van der Waals surface area contributed by atoms with Gasteiger partial charge >= 0.3 is 0 Å². The van der Waals surface area contributed by atoms with E-state index in [0.29, 0.717) is 12.4 Å². The normalized spacial score (nSPS) is 17.4. The number of unbranched alkanes of at least 4 members (excludes halogenated alkanes) is 1. The highest BCUT2D eigenvalue weighted by molar-refractivity contribution is 14.0. The average Bonchev–Trinajstić information content (AvgIpc) is 3.21. The standard InChI is InChI=1S/C23H35N5O.HI/c1-18-9-11-20(12-10-18)22-27-21(17-29-22)16-26-23(24-3)25-13-5-7-15-28-14-6-4-8-19(28)2;/h9-12,17,19H,4-8,13-16H2,1-3H3,(H2,24,25,26);1H. The van der Waals surface area contributed by atoms with Crippen LogP contribution in [0.1, 0.15) is 50.3 Å². The Labute approximate surface area is 198 Å². The molecule has 166 valence electrons.